The molecule has 1 aromatic heterocycles. The molecule has 0 spiro atoms. The summed E-state index contributed by atoms with van der Waals surface area (Å²) < 4.78 is 11.3. The van der Waals surface area contributed by atoms with Crippen molar-refractivity contribution in [2.24, 2.45) is 0 Å². The molecule has 0 saturated heterocycles. The molecule has 0 saturated carbocycles. The fourth-order valence-corrected chi connectivity index (χ4v) is 3.60. The van der Waals surface area contributed by atoms with Crippen LogP contribution in [0.15, 0.2) is 78.9 Å². The molecule has 31 heavy (non-hydrogen) atoms. The lowest BCUT2D eigenvalue weighted by Crippen LogP contribution is -2.25. The van der Waals surface area contributed by atoms with Crippen molar-refractivity contribution in [3.05, 3.63) is 101 Å². The van der Waals surface area contributed by atoms with E-state index in [0.29, 0.717) is 22.4 Å². The number of benzene rings is 3. The van der Waals surface area contributed by atoms with Crippen LogP contribution in [-0.4, -0.2) is 22.8 Å². The number of ether oxygens (including phenoxy) is 2. The van der Waals surface area contributed by atoms with E-state index >= 15 is 0 Å². The van der Waals surface area contributed by atoms with Gasteiger partial charge in [-0.3, -0.25) is 4.79 Å². The zero-order valence-electron chi connectivity index (χ0n) is 17.4. The highest BCUT2D eigenvalue weighted by atomic mass is 16.5. The first-order valence-electron chi connectivity index (χ1n) is 10.1. The SMILES string of the molecule is Cc1[nH]c2ccccc2c1C(=O)[C@@H](C)OC(=O)c1ccccc1COc1ccccc1. The molecule has 0 aliphatic carbocycles. The molecule has 4 rings (SSSR count). The molecule has 0 fully saturated rings. The second-order valence-electron chi connectivity index (χ2n) is 7.34. The van der Waals surface area contributed by atoms with Gasteiger partial charge in [-0.25, -0.2) is 4.79 Å². The number of esters is 1. The standard InChI is InChI=1S/C26H23NO4/c1-17-24(22-14-8-9-15-23(22)27-17)25(28)18(2)31-26(29)21-13-7-6-10-19(21)16-30-20-11-4-3-5-12-20/h3-15,18,27H,16H2,1-2H3/t18-/m1/s1. The molecule has 1 N–H and O–H groups in total. The van der Waals surface area contributed by atoms with Gasteiger partial charge in [-0.15, -0.1) is 0 Å². The molecule has 5 heteroatoms. The van der Waals surface area contributed by atoms with Crippen LogP contribution in [0.25, 0.3) is 10.9 Å². The largest absolute Gasteiger partial charge is 0.489 e. The summed E-state index contributed by atoms with van der Waals surface area (Å²) in [6.07, 6.45) is -0.923. The van der Waals surface area contributed by atoms with E-state index in [0.717, 1.165) is 16.6 Å². The van der Waals surface area contributed by atoms with Gasteiger partial charge in [-0.2, -0.15) is 0 Å². The number of nitrogens with one attached hydrogen (secondary N) is 1. The quantitative estimate of drug-likeness (QED) is 0.322. The summed E-state index contributed by atoms with van der Waals surface area (Å²) in [4.78, 5) is 29.2. The van der Waals surface area contributed by atoms with Gasteiger partial charge in [0.15, 0.2) is 6.10 Å². The van der Waals surface area contributed by atoms with Crippen LogP contribution in [0.2, 0.25) is 0 Å². The second-order valence-corrected chi connectivity index (χ2v) is 7.34. The van der Waals surface area contributed by atoms with Gasteiger partial charge in [0, 0.05) is 27.7 Å². The van der Waals surface area contributed by atoms with Crippen molar-refractivity contribution in [1.29, 1.82) is 0 Å². The molecular weight excluding hydrogens is 390 g/mol. The van der Waals surface area contributed by atoms with Gasteiger partial charge in [0.25, 0.3) is 0 Å². The summed E-state index contributed by atoms with van der Waals surface area (Å²) >= 11 is 0. The van der Waals surface area contributed by atoms with E-state index in [4.69, 9.17) is 9.47 Å². The Balaban J connectivity index is 1.50. The fourth-order valence-electron chi connectivity index (χ4n) is 3.60. The Bertz CT molecular complexity index is 1230. The summed E-state index contributed by atoms with van der Waals surface area (Å²) in [5.41, 5.74) is 3.26. The van der Waals surface area contributed by atoms with Crippen molar-refractivity contribution in [3.8, 4) is 5.75 Å². The predicted molar refractivity (Wildman–Crippen MR) is 119 cm³/mol. The van der Waals surface area contributed by atoms with Crippen molar-refractivity contribution >= 4 is 22.7 Å². The first kappa shape index (κ1) is 20.4. The van der Waals surface area contributed by atoms with Gasteiger partial charge in [0.05, 0.1) is 5.56 Å². The molecule has 1 atom stereocenters. The van der Waals surface area contributed by atoms with Gasteiger partial charge in [-0.05, 0) is 38.1 Å². The number of ketones is 1. The van der Waals surface area contributed by atoms with Gasteiger partial charge >= 0.3 is 5.97 Å². The second kappa shape index (κ2) is 8.88. The molecule has 5 nitrogen and oxygen atoms in total. The molecule has 1 heterocycles. The number of rotatable bonds is 7. The zero-order valence-corrected chi connectivity index (χ0v) is 17.4. The molecule has 156 valence electrons. The third-order valence-corrected chi connectivity index (χ3v) is 5.17. The van der Waals surface area contributed by atoms with Crippen LogP contribution in [0, 0.1) is 6.92 Å². The van der Waals surface area contributed by atoms with E-state index in [1.54, 1.807) is 19.1 Å². The van der Waals surface area contributed by atoms with Crippen molar-refractivity contribution < 1.29 is 19.1 Å². The zero-order chi connectivity index (χ0) is 21.8. The number of aromatic nitrogens is 1. The molecule has 0 aliphatic heterocycles. The minimum absolute atomic E-state index is 0.221. The average Bonchev–Trinajstić information content (AvgIpc) is 3.13. The van der Waals surface area contributed by atoms with Crippen LogP contribution in [-0.2, 0) is 11.3 Å². The first-order valence-corrected chi connectivity index (χ1v) is 10.1. The van der Waals surface area contributed by atoms with Gasteiger partial charge in [0.1, 0.15) is 12.4 Å². The van der Waals surface area contributed by atoms with E-state index in [1.165, 1.54) is 0 Å². The summed E-state index contributed by atoms with van der Waals surface area (Å²) in [6.45, 7) is 3.67. The van der Waals surface area contributed by atoms with Crippen LogP contribution >= 0.6 is 0 Å². The Labute approximate surface area is 180 Å². The van der Waals surface area contributed by atoms with E-state index in [9.17, 15) is 9.59 Å². The topological polar surface area (TPSA) is 68.4 Å². The summed E-state index contributed by atoms with van der Waals surface area (Å²) in [6, 6.07) is 24.1. The van der Waals surface area contributed by atoms with E-state index in [2.05, 4.69) is 4.98 Å². The average molecular weight is 413 g/mol. The third-order valence-electron chi connectivity index (χ3n) is 5.17. The monoisotopic (exact) mass is 413 g/mol. The van der Waals surface area contributed by atoms with Crippen molar-refractivity contribution in [3.63, 3.8) is 0 Å². The molecule has 0 aliphatic rings. The fraction of sp³-hybridized carbons (Fsp3) is 0.154. The highest BCUT2D eigenvalue weighted by molar-refractivity contribution is 6.11. The van der Waals surface area contributed by atoms with Crippen LogP contribution < -0.4 is 4.74 Å². The number of H-pyrrole nitrogens is 1. The van der Waals surface area contributed by atoms with Crippen LogP contribution in [0.4, 0.5) is 0 Å². The molecular formula is C26H23NO4. The highest BCUT2D eigenvalue weighted by Gasteiger charge is 2.25. The van der Waals surface area contributed by atoms with Crippen LogP contribution in [0.5, 0.6) is 5.75 Å². The van der Waals surface area contributed by atoms with Crippen molar-refractivity contribution in [2.45, 2.75) is 26.6 Å². The molecule has 0 unspecified atom stereocenters. The maximum absolute atomic E-state index is 13.1. The Morgan fingerprint density at radius 2 is 1.58 bits per heavy atom. The number of fused-ring (bicyclic) bond motifs is 1. The van der Waals surface area contributed by atoms with Gasteiger partial charge < -0.3 is 14.5 Å². The number of hydrogen-bond donors (Lipinski definition) is 1. The van der Waals surface area contributed by atoms with Crippen molar-refractivity contribution in [1.82, 2.24) is 4.98 Å². The molecule has 4 aromatic rings. The Kier molecular flexibility index (Phi) is 5.85. The minimum atomic E-state index is -0.923. The predicted octanol–water partition coefficient (Wildman–Crippen LogP) is 5.48. The lowest BCUT2D eigenvalue weighted by Gasteiger charge is -2.15. The lowest BCUT2D eigenvalue weighted by molar-refractivity contribution is 0.0317. The van der Waals surface area contributed by atoms with E-state index < -0.39 is 12.1 Å². The minimum Gasteiger partial charge on any atom is -0.489 e. The number of carbonyl (C=O) groups is 2. The third kappa shape index (κ3) is 4.36. The van der Waals surface area contributed by atoms with E-state index in [-0.39, 0.29) is 12.4 Å². The van der Waals surface area contributed by atoms with Crippen LogP contribution in [0.3, 0.4) is 0 Å². The Morgan fingerprint density at radius 1 is 0.903 bits per heavy atom. The smallest absolute Gasteiger partial charge is 0.339 e. The number of hydrogen-bond acceptors (Lipinski definition) is 4. The normalized spacial score (nSPS) is 11.8. The maximum atomic E-state index is 13.1. The van der Waals surface area contributed by atoms with Gasteiger partial charge in [0.2, 0.25) is 5.78 Å². The highest BCUT2D eigenvalue weighted by Crippen LogP contribution is 2.24. The number of aromatic amines is 1. The summed E-state index contributed by atoms with van der Waals surface area (Å²) in [7, 11) is 0. The molecule has 0 bridgehead atoms. The lowest BCUT2D eigenvalue weighted by atomic mass is 10.0. The maximum Gasteiger partial charge on any atom is 0.339 e. The molecule has 3 aromatic carbocycles. The van der Waals surface area contributed by atoms with Crippen molar-refractivity contribution in [2.75, 3.05) is 0 Å². The van der Waals surface area contributed by atoms with Crippen LogP contribution in [0.1, 0.15) is 38.9 Å². The molecule has 0 amide bonds. The molecule has 0 radical (unpaired) electrons. The summed E-state index contributed by atoms with van der Waals surface area (Å²) in [5, 5.41) is 0.824. The Hall–Kier alpha value is -3.86. The number of aryl methyl sites for hydroxylation is 1. The number of para-hydroxylation sites is 2. The summed E-state index contributed by atoms with van der Waals surface area (Å²) in [5.74, 6) is -0.0732. The number of carbonyl (C=O) groups excluding carboxylic acids is 2. The van der Waals surface area contributed by atoms with E-state index in [1.807, 2.05) is 73.7 Å². The number of Topliss-reactive ketones (excluding diaryl/α,β-unsaturated/α-hetero) is 1. The van der Waals surface area contributed by atoms with Gasteiger partial charge in [-0.1, -0.05) is 54.6 Å². The Morgan fingerprint density at radius 3 is 2.39 bits per heavy atom. The first-order chi connectivity index (χ1) is 15.0.